The first kappa shape index (κ1) is 16.7. The highest BCUT2D eigenvalue weighted by atomic mass is 15.2. The fourth-order valence-electron chi connectivity index (χ4n) is 2.99. The number of nitrogens with zero attached hydrogens (tertiary/aromatic N) is 3. The Morgan fingerprint density at radius 2 is 1.88 bits per heavy atom. The third-order valence-corrected chi connectivity index (χ3v) is 4.77. The summed E-state index contributed by atoms with van der Waals surface area (Å²) in [6.45, 7) is 10.6. The molecular formula is C20H28N4. The maximum atomic E-state index is 4.80. The Morgan fingerprint density at radius 3 is 2.58 bits per heavy atom. The molecule has 1 N–H and O–H groups in total. The summed E-state index contributed by atoms with van der Waals surface area (Å²) in [5.41, 5.74) is 3.97. The number of nitrogens with one attached hydrogen (secondary N) is 1. The number of fused-ring (bicyclic) bond motifs is 1. The van der Waals surface area contributed by atoms with Crippen LogP contribution < -0.4 is 10.2 Å². The van der Waals surface area contributed by atoms with Crippen LogP contribution in [0.4, 0.5) is 11.8 Å². The molecular weight excluding hydrogens is 296 g/mol. The van der Waals surface area contributed by atoms with Crippen molar-refractivity contribution in [3.63, 3.8) is 0 Å². The highest BCUT2D eigenvalue weighted by Crippen LogP contribution is 2.26. The third-order valence-electron chi connectivity index (χ3n) is 4.77. The van der Waals surface area contributed by atoms with E-state index < -0.39 is 0 Å². The predicted molar refractivity (Wildman–Crippen MR) is 101 cm³/mol. The molecule has 0 saturated heterocycles. The average molecular weight is 324 g/mol. The lowest BCUT2D eigenvalue weighted by Gasteiger charge is -2.30. The van der Waals surface area contributed by atoms with E-state index in [1.165, 1.54) is 11.1 Å². The van der Waals surface area contributed by atoms with Gasteiger partial charge in [-0.1, -0.05) is 45.0 Å². The summed E-state index contributed by atoms with van der Waals surface area (Å²) in [4.78, 5) is 11.9. The van der Waals surface area contributed by atoms with Crippen LogP contribution in [-0.4, -0.2) is 22.6 Å². The lowest BCUT2D eigenvalue weighted by Crippen LogP contribution is -2.31. The molecule has 128 valence electrons. The van der Waals surface area contributed by atoms with E-state index >= 15 is 0 Å². The van der Waals surface area contributed by atoms with Gasteiger partial charge in [-0.3, -0.25) is 0 Å². The van der Waals surface area contributed by atoms with E-state index in [2.05, 4.69) is 68.2 Å². The Bertz CT molecular complexity index is 696. The molecule has 0 fully saturated rings. The van der Waals surface area contributed by atoms with Gasteiger partial charge in [0.2, 0.25) is 5.95 Å². The Hall–Kier alpha value is -2.10. The predicted octanol–water partition coefficient (Wildman–Crippen LogP) is 4.37. The second kappa shape index (κ2) is 7.20. The number of rotatable bonds is 5. The molecule has 0 radical (unpaired) electrons. The van der Waals surface area contributed by atoms with Crippen LogP contribution in [0.15, 0.2) is 30.3 Å². The van der Waals surface area contributed by atoms with Gasteiger partial charge in [0.15, 0.2) is 0 Å². The van der Waals surface area contributed by atoms with Gasteiger partial charge < -0.3 is 10.2 Å². The van der Waals surface area contributed by atoms with Gasteiger partial charge in [-0.2, -0.15) is 4.98 Å². The molecule has 2 heterocycles. The quantitative estimate of drug-likeness (QED) is 0.886. The van der Waals surface area contributed by atoms with Crippen LogP contribution in [0.2, 0.25) is 0 Å². The second-order valence-corrected chi connectivity index (χ2v) is 7.02. The molecule has 2 aromatic rings. The van der Waals surface area contributed by atoms with Crippen molar-refractivity contribution < 1.29 is 0 Å². The Kier molecular flexibility index (Phi) is 5.03. The van der Waals surface area contributed by atoms with Crippen molar-refractivity contribution in [1.29, 1.82) is 0 Å². The van der Waals surface area contributed by atoms with E-state index in [4.69, 9.17) is 9.97 Å². The SMILES string of the molecule is CC[C@H](C)Nc1nc(C(C)C)cc(N2CCc3ccccc3C2)n1. The number of hydrogen-bond acceptors (Lipinski definition) is 4. The van der Waals surface area contributed by atoms with Gasteiger partial charge in [0.25, 0.3) is 0 Å². The zero-order valence-corrected chi connectivity index (χ0v) is 15.2. The molecule has 0 aliphatic carbocycles. The Balaban J connectivity index is 1.89. The van der Waals surface area contributed by atoms with Crippen molar-refractivity contribution in [2.24, 2.45) is 0 Å². The Labute approximate surface area is 145 Å². The average Bonchev–Trinajstić information content (AvgIpc) is 2.60. The molecule has 3 rings (SSSR count). The van der Waals surface area contributed by atoms with Crippen molar-refractivity contribution in [3.05, 3.63) is 47.2 Å². The maximum Gasteiger partial charge on any atom is 0.225 e. The minimum atomic E-state index is 0.377. The molecule has 1 atom stereocenters. The molecule has 1 aliphatic rings. The fraction of sp³-hybridized carbons (Fsp3) is 0.500. The lowest BCUT2D eigenvalue weighted by molar-refractivity contribution is 0.707. The fourth-order valence-corrected chi connectivity index (χ4v) is 2.99. The van der Waals surface area contributed by atoms with Gasteiger partial charge in [-0.05, 0) is 36.8 Å². The van der Waals surface area contributed by atoms with Gasteiger partial charge in [0.1, 0.15) is 5.82 Å². The van der Waals surface area contributed by atoms with Gasteiger partial charge in [-0.15, -0.1) is 0 Å². The number of aromatic nitrogens is 2. The normalized spacial score (nSPS) is 15.3. The van der Waals surface area contributed by atoms with Crippen LogP contribution in [0.5, 0.6) is 0 Å². The summed E-state index contributed by atoms with van der Waals surface area (Å²) in [6.07, 6.45) is 2.13. The van der Waals surface area contributed by atoms with Crippen molar-refractivity contribution in [3.8, 4) is 0 Å². The molecule has 24 heavy (non-hydrogen) atoms. The molecule has 0 bridgehead atoms. The molecule has 0 saturated carbocycles. The summed E-state index contributed by atoms with van der Waals surface area (Å²) in [5, 5.41) is 3.44. The number of benzene rings is 1. The maximum absolute atomic E-state index is 4.80. The van der Waals surface area contributed by atoms with Crippen molar-refractivity contribution in [1.82, 2.24) is 9.97 Å². The van der Waals surface area contributed by atoms with Crippen LogP contribution in [0, 0.1) is 0 Å². The van der Waals surface area contributed by atoms with Crippen LogP contribution in [0.3, 0.4) is 0 Å². The van der Waals surface area contributed by atoms with E-state index in [1.807, 2.05) is 0 Å². The molecule has 4 nitrogen and oxygen atoms in total. The largest absolute Gasteiger partial charge is 0.352 e. The van der Waals surface area contributed by atoms with Gasteiger partial charge in [-0.25, -0.2) is 4.98 Å². The zero-order valence-electron chi connectivity index (χ0n) is 15.2. The van der Waals surface area contributed by atoms with Gasteiger partial charge in [0.05, 0.1) is 5.69 Å². The molecule has 0 unspecified atom stereocenters. The van der Waals surface area contributed by atoms with E-state index in [0.29, 0.717) is 12.0 Å². The number of hydrogen-bond donors (Lipinski definition) is 1. The van der Waals surface area contributed by atoms with Gasteiger partial charge >= 0.3 is 0 Å². The van der Waals surface area contributed by atoms with Crippen LogP contribution >= 0.6 is 0 Å². The minimum Gasteiger partial charge on any atom is -0.352 e. The summed E-state index contributed by atoms with van der Waals surface area (Å²) in [5.74, 6) is 2.18. The standard InChI is InChI=1S/C20H28N4/c1-5-15(4)21-20-22-18(14(2)3)12-19(23-20)24-11-10-16-8-6-7-9-17(16)13-24/h6-9,12,14-15H,5,10-11,13H2,1-4H3,(H,21,22,23)/t15-/m0/s1. The van der Waals surface area contributed by atoms with Crippen LogP contribution in [-0.2, 0) is 13.0 Å². The zero-order chi connectivity index (χ0) is 17.1. The molecule has 0 spiro atoms. The number of anilines is 2. The van der Waals surface area contributed by atoms with Crippen molar-refractivity contribution in [2.45, 2.75) is 59.0 Å². The topological polar surface area (TPSA) is 41.1 Å². The van der Waals surface area contributed by atoms with E-state index in [9.17, 15) is 0 Å². The third kappa shape index (κ3) is 3.69. The summed E-state index contributed by atoms with van der Waals surface area (Å²) in [6, 6.07) is 11.2. The first-order chi connectivity index (χ1) is 11.6. The first-order valence-corrected chi connectivity index (χ1v) is 9.04. The minimum absolute atomic E-state index is 0.377. The highest BCUT2D eigenvalue weighted by Gasteiger charge is 2.19. The highest BCUT2D eigenvalue weighted by molar-refractivity contribution is 5.48. The Morgan fingerprint density at radius 1 is 1.12 bits per heavy atom. The summed E-state index contributed by atoms with van der Waals surface area (Å²) in [7, 11) is 0. The van der Waals surface area contributed by atoms with Crippen molar-refractivity contribution >= 4 is 11.8 Å². The van der Waals surface area contributed by atoms with E-state index in [-0.39, 0.29) is 0 Å². The smallest absolute Gasteiger partial charge is 0.225 e. The van der Waals surface area contributed by atoms with Crippen LogP contribution in [0.1, 0.15) is 56.9 Å². The summed E-state index contributed by atoms with van der Waals surface area (Å²) >= 11 is 0. The second-order valence-electron chi connectivity index (χ2n) is 7.02. The molecule has 1 aliphatic heterocycles. The van der Waals surface area contributed by atoms with Crippen molar-refractivity contribution in [2.75, 3.05) is 16.8 Å². The molecule has 1 aromatic carbocycles. The molecule has 1 aromatic heterocycles. The first-order valence-electron chi connectivity index (χ1n) is 9.04. The molecule has 4 heteroatoms. The molecule has 0 amide bonds. The van der Waals surface area contributed by atoms with E-state index in [1.54, 1.807) is 0 Å². The summed E-state index contributed by atoms with van der Waals surface area (Å²) < 4.78 is 0. The van der Waals surface area contributed by atoms with Crippen LogP contribution in [0.25, 0.3) is 0 Å². The van der Waals surface area contributed by atoms with Gasteiger partial charge in [0, 0.05) is 25.2 Å². The lowest BCUT2D eigenvalue weighted by atomic mass is 10.00. The van der Waals surface area contributed by atoms with E-state index in [0.717, 1.165) is 43.4 Å². The monoisotopic (exact) mass is 324 g/mol.